The van der Waals surface area contributed by atoms with Gasteiger partial charge in [-0.25, -0.2) is 28.1 Å². The Hall–Kier alpha value is -1.85. The molecule has 0 saturated heterocycles. The van der Waals surface area contributed by atoms with Crippen molar-refractivity contribution < 1.29 is 32.5 Å². The zero-order valence-electron chi connectivity index (χ0n) is 11.7. The lowest BCUT2D eigenvalue weighted by atomic mass is 10.0. The molecule has 0 bridgehead atoms. The van der Waals surface area contributed by atoms with Crippen molar-refractivity contribution in [3.63, 3.8) is 0 Å². The fourth-order valence-corrected chi connectivity index (χ4v) is 2.86. The van der Waals surface area contributed by atoms with Crippen LogP contribution < -0.4 is 0 Å². The molecule has 0 amide bonds. The predicted molar refractivity (Wildman–Crippen MR) is 66.7 cm³/mol. The van der Waals surface area contributed by atoms with Gasteiger partial charge in [-0.1, -0.05) is 0 Å². The SMILES string of the molecule is COC[C@@H]1C(F)[C@@H](n2cnc3c(F)ncnc32)[C@](O)(F)[C@]1(O)F. The molecule has 0 aromatic carbocycles. The van der Waals surface area contributed by atoms with Crippen LogP contribution in [-0.4, -0.2) is 61.3 Å². The molecule has 3 rings (SSSR count). The highest BCUT2D eigenvalue weighted by atomic mass is 19.2. The second kappa shape index (κ2) is 5.08. The summed E-state index contributed by atoms with van der Waals surface area (Å²) >= 11 is 0. The number of fused-ring (bicyclic) bond motifs is 1. The van der Waals surface area contributed by atoms with Crippen LogP contribution in [0.4, 0.5) is 17.6 Å². The van der Waals surface area contributed by atoms with Crippen molar-refractivity contribution in [2.24, 2.45) is 5.92 Å². The molecule has 0 spiro atoms. The number of rotatable bonds is 3. The molecule has 11 heteroatoms. The molecule has 126 valence electrons. The van der Waals surface area contributed by atoms with Gasteiger partial charge in [0.2, 0.25) is 5.95 Å². The third-order valence-electron chi connectivity index (χ3n) is 4.02. The van der Waals surface area contributed by atoms with Crippen LogP contribution in [0.5, 0.6) is 0 Å². The topological polar surface area (TPSA) is 93.3 Å². The highest BCUT2D eigenvalue weighted by Gasteiger charge is 2.73. The minimum atomic E-state index is -4.01. The summed E-state index contributed by atoms with van der Waals surface area (Å²) in [6, 6.07) is -2.24. The van der Waals surface area contributed by atoms with Crippen LogP contribution in [0.15, 0.2) is 12.7 Å². The van der Waals surface area contributed by atoms with Gasteiger partial charge >= 0.3 is 0 Å². The van der Waals surface area contributed by atoms with Crippen molar-refractivity contribution in [2.45, 2.75) is 23.9 Å². The van der Waals surface area contributed by atoms with Gasteiger partial charge < -0.3 is 19.5 Å². The van der Waals surface area contributed by atoms with Gasteiger partial charge in [0.25, 0.3) is 11.7 Å². The summed E-state index contributed by atoms with van der Waals surface area (Å²) in [5, 5.41) is 19.4. The van der Waals surface area contributed by atoms with E-state index in [1.165, 1.54) is 0 Å². The monoisotopic (exact) mass is 336 g/mol. The zero-order valence-corrected chi connectivity index (χ0v) is 11.7. The van der Waals surface area contributed by atoms with E-state index in [2.05, 4.69) is 19.7 Å². The predicted octanol–water partition coefficient (Wildman–Crippen LogP) is 0.437. The fraction of sp³-hybridized carbons (Fsp3) is 0.583. The normalized spacial score (nSPS) is 37.6. The number of aromatic nitrogens is 4. The number of aliphatic hydroxyl groups is 2. The molecule has 2 N–H and O–H groups in total. The first-order valence-electron chi connectivity index (χ1n) is 6.52. The van der Waals surface area contributed by atoms with E-state index in [1.54, 1.807) is 0 Å². The minimum absolute atomic E-state index is 0.352. The van der Waals surface area contributed by atoms with Gasteiger partial charge in [-0.3, -0.25) is 0 Å². The average molecular weight is 336 g/mol. The maximum atomic E-state index is 14.6. The van der Waals surface area contributed by atoms with Gasteiger partial charge in [0.05, 0.1) is 18.9 Å². The minimum Gasteiger partial charge on any atom is -0.384 e. The number of hydrogen-bond donors (Lipinski definition) is 2. The number of nitrogens with zero attached hydrogens (tertiary/aromatic N) is 4. The molecule has 23 heavy (non-hydrogen) atoms. The highest BCUT2D eigenvalue weighted by molar-refractivity contribution is 5.70. The lowest BCUT2D eigenvalue weighted by Crippen LogP contribution is -2.50. The van der Waals surface area contributed by atoms with Crippen LogP contribution in [0.1, 0.15) is 6.04 Å². The zero-order chi connectivity index (χ0) is 17.0. The second-order valence-electron chi connectivity index (χ2n) is 5.29. The van der Waals surface area contributed by atoms with Gasteiger partial charge in [-0.15, -0.1) is 0 Å². The van der Waals surface area contributed by atoms with Gasteiger partial charge in [0.1, 0.15) is 18.5 Å². The number of alkyl halides is 3. The molecule has 1 fully saturated rings. The summed E-state index contributed by atoms with van der Waals surface area (Å²) in [5.74, 6) is -11.0. The summed E-state index contributed by atoms with van der Waals surface area (Å²) in [7, 11) is 1.10. The molecule has 0 radical (unpaired) electrons. The van der Waals surface area contributed by atoms with E-state index in [0.717, 1.165) is 19.8 Å². The first-order chi connectivity index (χ1) is 10.7. The second-order valence-corrected chi connectivity index (χ2v) is 5.29. The third kappa shape index (κ3) is 2.03. The van der Waals surface area contributed by atoms with E-state index in [-0.39, 0.29) is 5.65 Å². The van der Waals surface area contributed by atoms with Crippen molar-refractivity contribution in [1.29, 1.82) is 0 Å². The first-order valence-corrected chi connectivity index (χ1v) is 6.52. The van der Waals surface area contributed by atoms with Crippen molar-refractivity contribution in [3.05, 3.63) is 18.6 Å². The Morgan fingerprint density at radius 3 is 2.61 bits per heavy atom. The van der Waals surface area contributed by atoms with Gasteiger partial charge in [-0.05, 0) is 0 Å². The third-order valence-corrected chi connectivity index (χ3v) is 4.02. The molecule has 1 aliphatic carbocycles. The molecule has 1 unspecified atom stereocenters. The molecule has 2 aromatic rings. The molecule has 1 aliphatic rings. The lowest BCUT2D eigenvalue weighted by molar-refractivity contribution is -0.298. The summed E-state index contributed by atoms with van der Waals surface area (Å²) in [6.07, 6.45) is -0.825. The van der Waals surface area contributed by atoms with Gasteiger partial charge in [0.15, 0.2) is 11.2 Å². The quantitative estimate of drug-likeness (QED) is 0.624. The Morgan fingerprint density at radius 2 is 1.96 bits per heavy atom. The Morgan fingerprint density at radius 1 is 1.26 bits per heavy atom. The van der Waals surface area contributed by atoms with Gasteiger partial charge in [0, 0.05) is 7.11 Å². The smallest absolute Gasteiger partial charge is 0.290 e. The van der Waals surface area contributed by atoms with Crippen LogP contribution in [-0.2, 0) is 4.74 Å². The summed E-state index contributed by atoms with van der Waals surface area (Å²) < 4.78 is 62.1. The molecule has 2 aromatic heterocycles. The summed E-state index contributed by atoms with van der Waals surface area (Å²) in [4.78, 5) is 10.4. The van der Waals surface area contributed by atoms with Crippen LogP contribution in [0.2, 0.25) is 0 Å². The molecular weight excluding hydrogens is 324 g/mol. The molecule has 2 heterocycles. The van der Waals surface area contributed by atoms with Crippen molar-refractivity contribution >= 4 is 11.2 Å². The first kappa shape index (κ1) is 16.0. The van der Waals surface area contributed by atoms with E-state index >= 15 is 0 Å². The average Bonchev–Trinajstić information content (AvgIpc) is 2.93. The Labute approximate surface area is 126 Å². The van der Waals surface area contributed by atoms with Crippen LogP contribution in [0.25, 0.3) is 11.2 Å². The van der Waals surface area contributed by atoms with E-state index in [4.69, 9.17) is 0 Å². The van der Waals surface area contributed by atoms with Crippen molar-refractivity contribution in [3.8, 4) is 0 Å². The van der Waals surface area contributed by atoms with Crippen LogP contribution >= 0.6 is 0 Å². The summed E-state index contributed by atoms with van der Waals surface area (Å²) in [5.41, 5.74) is -0.761. The standard InChI is InChI=1S/C12H12F4N4O3/c1-23-2-5-6(13)8(12(16,22)11(5,15)21)20-4-19-7-9(14)17-3-18-10(7)20/h3-6,8,21-22H,2H2,1H3/t5-,6?,8-,11+,12-/m1/s1. The van der Waals surface area contributed by atoms with Gasteiger partial charge in [-0.2, -0.15) is 4.39 Å². The fourth-order valence-electron chi connectivity index (χ4n) is 2.86. The maximum absolute atomic E-state index is 14.6. The summed E-state index contributed by atoms with van der Waals surface area (Å²) in [6.45, 7) is -0.688. The number of halogens is 4. The molecule has 7 nitrogen and oxygen atoms in total. The van der Waals surface area contributed by atoms with Crippen molar-refractivity contribution in [2.75, 3.05) is 13.7 Å². The number of methoxy groups -OCH3 is 1. The Bertz CT molecular complexity index is 738. The molecule has 5 atom stereocenters. The largest absolute Gasteiger partial charge is 0.384 e. The molecule has 0 aliphatic heterocycles. The van der Waals surface area contributed by atoms with E-state index in [0.29, 0.717) is 4.57 Å². The Balaban J connectivity index is 2.16. The number of hydrogen-bond acceptors (Lipinski definition) is 6. The highest BCUT2D eigenvalue weighted by Crippen LogP contribution is 2.54. The molecular formula is C12H12F4N4O3. The lowest BCUT2D eigenvalue weighted by Gasteiger charge is -2.29. The maximum Gasteiger partial charge on any atom is 0.290 e. The van der Waals surface area contributed by atoms with E-state index in [9.17, 15) is 27.8 Å². The number of ether oxygens (including phenoxy) is 1. The van der Waals surface area contributed by atoms with E-state index < -0.39 is 47.9 Å². The van der Waals surface area contributed by atoms with Crippen molar-refractivity contribution in [1.82, 2.24) is 19.5 Å². The number of imidazole rings is 1. The molecule has 1 saturated carbocycles. The van der Waals surface area contributed by atoms with Crippen LogP contribution in [0.3, 0.4) is 0 Å². The Kier molecular flexibility index (Phi) is 3.54. The van der Waals surface area contributed by atoms with E-state index in [1.807, 2.05) is 0 Å². The van der Waals surface area contributed by atoms with Crippen LogP contribution in [0, 0.1) is 11.9 Å².